The maximum atomic E-state index is 12.4. The van der Waals surface area contributed by atoms with Crippen molar-refractivity contribution in [2.24, 2.45) is 5.73 Å². The number of hydrogen-bond donors (Lipinski definition) is 3. The van der Waals surface area contributed by atoms with Crippen molar-refractivity contribution in [3.63, 3.8) is 0 Å². The van der Waals surface area contributed by atoms with E-state index in [1.165, 1.54) is 0 Å². The predicted molar refractivity (Wildman–Crippen MR) is 102 cm³/mol. The summed E-state index contributed by atoms with van der Waals surface area (Å²) in [6.45, 7) is 0.896. The second kappa shape index (κ2) is 8.69. The summed E-state index contributed by atoms with van der Waals surface area (Å²) in [7, 11) is 1.59. The summed E-state index contributed by atoms with van der Waals surface area (Å²) in [6, 6.07) is 12.3. The Kier molecular flexibility index (Phi) is 6.60. The molecule has 0 aliphatic carbocycles. The molecule has 1 heterocycles. The van der Waals surface area contributed by atoms with Crippen LogP contribution in [-0.2, 0) is 6.42 Å². The average Bonchev–Trinajstić information content (AvgIpc) is 2.65. The molecule has 0 spiro atoms. The van der Waals surface area contributed by atoms with Crippen LogP contribution in [0, 0.1) is 0 Å². The van der Waals surface area contributed by atoms with E-state index in [-0.39, 0.29) is 36.8 Å². The van der Waals surface area contributed by atoms with E-state index >= 15 is 0 Å². The Hall–Kier alpha value is -2.57. The molecule has 1 aliphatic rings. The summed E-state index contributed by atoms with van der Waals surface area (Å²) in [4.78, 5) is 24.3. The molecule has 0 saturated heterocycles. The smallest absolute Gasteiger partial charge is 0.251 e. The molecule has 0 saturated carbocycles. The SMILES string of the molecule is COc1ccccc1C(N)CNC(=O)c1ccc2c(c1)C(=O)NCC2.Cl. The van der Waals surface area contributed by atoms with E-state index in [0.717, 1.165) is 17.5 Å². The molecule has 1 atom stereocenters. The highest BCUT2D eigenvalue weighted by molar-refractivity contribution is 6.01. The lowest BCUT2D eigenvalue weighted by atomic mass is 9.97. The Labute approximate surface area is 158 Å². The van der Waals surface area contributed by atoms with Crippen molar-refractivity contribution in [1.82, 2.24) is 10.6 Å². The van der Waals surface area contributed by atoms with E-state index in [2.05, 4.69) is 10.6 Å². The van der Waals surface area contributed by atoms with Gasteiger partial charge in [-0.2, -0.15) is 0 Å². The van der Waals surface area contributed by atoms with Gasteiger partial charge in [0.25, 0.3) is 11.8 Å². The number of hydrogen-bond acceptors (Lipinski definition) is 4. The van der Waals surface area contributed by atoms with Crippen molar-refractivity contribution in [2.75, 3.05) is 20.2 Å². The lowest BCUT2D eigenvalue weighted by Gasteiger charge is -2.18. The first kappa shape index (κ1) is 19.8. The summed E-state index contributed by atoms with van der Waals surface area (Å²) in [5, 5.41) is 5.60. The molecule has 3 rings (SSSR count). The monoisotopic (exact) mass is 375 g/mol. The van der Waals surface area contributed by atoms with Gasteiger partial charge < -0.3 is 21.1 Å². The molecule has 4 N–H and O–H groups in total. The van der Waals surface area contributed by atoms with Crippen LogP contribution in [0.3, 0.4) is 0 Å². The zero-order valence-corrected chi connectivity index (χ0v) is 15.3. The number of nitrogens with one attached hydrogen (secondary N) is 2. The molecule has 138 valence electrons. The Balaban J connectivity index is 0.00000243. The van der Waals surface area contributed by atoms with E-state index in [1.54, 1.807) is 19.2 Å². The molecule has 0 radical (unpaired) electrons. The maximum absolute atomic E-state index is 12.4. The Morgan fingerprint density at radius 1 is 1.31 bits per heavy atom. The van der Waals surface area contributed by atoms with Gasteiger partial charge in [0.2, 0.25) is 0 Å². The molecule has 0 fully saturated rings. The number of nitrogens with two attached hydrogens (primary N) is 1. The summed E-state index contributed by atoms with van der Waals surface area (Å²) < 4.78 is 5.29. The number of methoxy groups -OCH3 is 1. The summed E-state index contributed by atoms with van der Waals surface area (Å²) >= 11 is 0. The zero-order chi connectivity index (χ0) is 17.8. The number of fused-ring (bicyclic) bond motifs is 1. The van der Waals surface area contributed by atoms with Gasteiger partial charge in [0.1, 0.15) is 5.75 Å². The van der Waals surface area contributed by atoms with Crippen molar-refractivity contribution >= 4 is 24.2 Å². The van der Waals surface area contributed by atoms with Crippen LogP contribution in [0.4, 0.5) is 0 Å². The number of carbonyl (C=O) groups is 2. The highest BCUT2D eigenvalue weighted by atomic mass is 35.5. The van der Waals surface area contributed by atoms with Gasteiger partial charge in [-0.3, -0.25) is 9.59 Å². The number of carbonyl (C=O) groups excluding carboxylic acids is 2. The van der Waals surface area contributed by atoms with Gasteiger partial charge in [-0.15, -0.1) is 12.4 Å². The number of benzene rings is 2. The van der Waals surface area contributed by atoms with Gasteiger partial charge in [-0.25, -0.2) is 0 Å². The number of amides is 2. The lowest BCUT2D eigenvalue weighted by molar-refractivity contribution is 0.0946. The normalized spacial score (nSPS) is 13.7. The van der Waals surface area contributed by atoms with Crippen molar-refractivity contribution in [2.45, 2.75) is 12.5 Å². The van der Waals surface area contributed by atoms with Gasteiger partial charge >= 0.3 is 0 Å². The van der Waals surface area contributed by atoms with Crippen molar-refractivity contribution in [1.29, 1.82) is 0 Å². The second-order valence-electron chi connectivity index (χ2n) is 5.94. The van der Waals surface area contributed by atoms with Gasteiger partial charge in [-0.1, -0.05) is 24.3 Å². The minimum atomic E-state index is -0.388. The van der Waals surface area contributed by atoms with Crippen LogP contribution in [0.2, 0.25) is 0 Å². The average molecular weight is 376 g/mol. The third-order valence-electron chi connectivity index (χ3n) is 4.32. The van der Waals surface area contributed by atoms with Crippen LogP contribution >= 0.6 is 12.4 Å². The van der Waals surface area contributed by atoms with Crippen LogP contribution in [0.15, 0.2) is 42.5 Å². The molecule has 2 aromatic carbocycles. The molecule has 2 amide bonds. The van der Waals surface area contributed by atoms with Gasteiger partial charge in [0, 0.05) is 29.8 Å². The highest BCUT2D eigenvalue weighted by Gasteiger charge is 2.19. The summed E-state index contributed by atoms with van der Waals surface area (Å²) in [6.07, 6.45) is 0.779. The second-order valence-corrected chi connectivity index (χ2v) is 5.94. The molecule has 7 heteroatoms. The standard InChI is InChI=1S/C19H21N3O3.ClH/c1-25-17-5-3-2-4-14(17)16(20)11-22-18(23)13-7-6-12-8-9-21-19(24)15(12)10-13;/h2-7,10,16H,8-9,11,20H2,1H3,(H,21,24)(H,22,23);1H. The summed E-state index contributed by atoms with van der Waals surface area (Å²) in [5.74, 6) is 0.294. The molecule has 1 aliphatic heterocycles. The van der Waals surface area contributed by atoms with Crippen LogP contribution in [0.1, 0.15) is 37.9 Å². The van der Waals surface area contributed by atoms with Gasteiger partial charge in [0.15, 0.2) is 0 Å². The van der Waals surface area contributed by atoms with E-state index in [0.29, 0.717) is 23.4 Å². The molecule has 1 unspecified atom stereocenters. The van der Waals surface area contributed by atoms with E-state index in [1.807, 2.05) is 30.3 Å². The van der Waals surface area contributed by atoms with Crippen LogP contribution < -0.4 is 21.1 Å². The lowest BCUT2D eigenvalue weighted by Crippen LogP contribution is -2.34. The number of ether oxygens (including phenoxy) is 1. The van der Waals surface area contributed by atoms with E-state index in [4.69, 9.17) is 10.5 Å². The third kappa shape index (κ3) is 4.15. The minimum absolute atomic E-state index is 0. The first-order chi connectivity index (χ1) is 12.1. The van der Waals surface area contributed by atoms with Crippen LogP contribution in [-0.4, -0.2) is 32.0 Å². The fraction of sp³-hybridized carbons (Fsp3) is 0.263. The quantitative estimate of drug-likeness (QED) is 0.743. The molecular formula is C19H22ClN3O3. The fourth-order valence-electron chi connectivity index (χ4n) is 2.94. The van der Waals surface area contributed by atoms with Gasteiger partial charge in [0.05, 0.1) is 13.2 Å². The first-order valence-corrected chi connectivity index (χ1v) is 8.18. The van der Waals surface area contributed by atoms with E-state index in [9.17, 15) is 9.59 Å². The molecule has 0 bridgehead atoms. The Bertz CT molecular complexity index is 810. The number of para-hydroxylation sites is 1. The summed E-state index contributed by atoms with van der Waals surface area (Å²) in [5.41, 5.74) is 8.97. The predicted octanol–water partition coefficient (Wildman–Crippen LogP) is 1.83. The van der Waals surface area contributed by atoms with Crippen LogP contribution in [0.25, 0.3) is 0 Å². The van der Waals surface area contributed by atoms with Crippen LogP contribution in [0.5, 0.6) is 5.75 Å². The first-order valence-electron chi connectivity index (χ1n) is 8.18. The number of halogens is 1. The third-order valence-corrected chi connectivity index (χ3v) is 4.32. The zero-order valence-electron chi connectivity index (χ0n) is 14.5. The largest absolute Gasteiger partial charge is 0.496 e. The fourth-order valence-corrected chi connectivity index (χ4v) is 2.94. The van der Waals surface area contributed by atoms with Crippen molar-refractivity contribution in [3.8, 4) is 5.75 Å². The Morgan fingerprint density at radius 3 is 2.85 bits per heavy atom. The Morgan fingerprint density at radius 2 is 2.08 bits per heavy atom. The van der Waals surface area contributed by atoms with E-state index < -0.39 is 0 Å². The minimum Gasteiger partial charge on any atom is -0.496 e. The van der Waals surface area contributed by atoms with Crippen molar-refractivity contribution in [3.05, 3.63) is 64.7 Å². The van der Waals surface area contributed by atoms with Crippen molar-refractivity contribution < 1.29 is 14.3 Å². The number of rotatable bonds is 5. The highest BCUT2D eigenvalue weighted by Crippen LogP contribution is 2.23. The maximum Gasteiger partial charge on any atom is 0.251 e. The molecule has 2 aromatic rings. The molecule has 26 heavy (non-hydrogen) atoms. The molecule has 0 aromatic heterocycles. The topological polar surface area (TPSA) is 93.4 Å². The van der Waals surface area contributed by atoms with Gasteiger partial charge in [-0.05, 0) is 30.2 Å². The molecule has 6 nitrogen and oxygen atoms in total. The molecular weight excluding hydrogens is 354 g/mol.